The molecule has 0 radical (unpaired) electrons. The SMILES string of the molecule is COc1ccc2c(c1)C(C)NC2. The molecule has 0 aromatic heterocycles. The number of methoxy groups -OCH3 is 1. The maximum absolute atomic E-state index is 5.16. The number of hydrogen-bond donors (Lipinski definition) is 1. The molecule has 1 heterocycles. The summed E-state index contributed by atoms with van der Waals surface area (Å²) < 4.78 is 5.16. The van der Waals surface area contributed by atoms with Crippen molar-refractivity contribution >= 4 is 0 Å². The third-order valence-corrected chi connectivity index (χ3v) is 2.42. The Morgan fingerprint density at radius 1 is 1.50 bits per heavy atom. The fourth-order valence-corrected chi connectivity index (χ4v) is 1.64. The van der Waals surface area contributed by atoms with E-state index in [0.29, 0.717) is 6.04 Å². The fraction of sp³-hybridized carbons (Fsp3) is 0.400. The van der Waals surface area contributed by atoms with E-state index in [4.69, 9.17) is 4.74 Å². The van der Waals surface area contributed by atoms with Gasteiger partial charge in [-0.1, -0.05) is 6.07 Å². The molecule has 1 aliphatic heterocycles. The van der Waals surface area contributed by atoms with E-state index in [-0.39, 0.29) is 0 Å². The van der Waals surface area contributed by atoms with E-state index in [1.807, 2.05) is 6.07 Å². The normalized spacial score (nSPS) is 20.7. The second kappa shape index (κ2) is 2.79. The smallest absolute Gasteiger partial charge is 0.119 e. The molecular formula is C10H13NO. The molecule has 1 atom stereocenters. The topological polar surface area (TPSA) is 21.3 Å². The summed E-state index contributed by atoms with van der Waals surface area (Å²) in [5.41, 5.74) is 2.76. The molecule has 2 nitrogen and oxygen atoms in total. The van der Waals surface area contributed by atoms with Crippen molar-refractivity contribution < 1.29 is 4.74 Å². The predicted molar refractivity (Wildman–Crippen MR) is 48.2 cm³/mol. The monoisotopic (exact) mass is 163 g/mol. The first-order chi connectivity index (χ1) is 5.81. The Morgan fingerprint density at radius 3 is 3.08 bits per heavy atom. The summed E-state index contributed by atoms with van der Waals surface area (Å²) in [7, 11) is 1.70. The zero-order chi connectivity index (χ0) is 8.55. The molecule has 0 fully saturated rings. The number of nitrogens with one attached hydrogen (secondary N) is 1. The van der Waals surface area contributed by atoms with E-state index >= 15 is 0 Å². The second-order valence-electron chi connectivity index (χ2n) is 3.17. The molecule has 64 valence electrons. The largest absolute Gasteiger partial charge is 0.497 e. The van der Waals surface area contributed by atoms with Crippen molar-refractivity contribution in [3.63, 3.8) is 0 Å². The summed E-state index contributed by atoms with van der Waals surface area (Å²) in [5, 5.41) is 3.38. The van der Waals surface area contributed by atoms with Crippen molar-refractivity contribution in [1.82, 2.24) is 5.32 Å². The lowest BCUT2D eigenvalue weighted by atomic mass is 10.1. The molecule has 0 bridgehead atoms. The molecule has 0 aliphatic carbocycles. The number of ether oxygens (including phenoxy) is 1. The van der Waals surface area contributed by atoms with Crippen LogP contribution in [0.4, 0.5) is 0 Å². The van der Waals surface area contributed by atoms with Gasteiger partial charge in [0.2, 0.25) is 0 Å². The van der Waals surface area contributed by atoms with Crippen molar-refractivity contribution in [1.29, 1.82) is 0 Å². The molecule has 0 spiro atoms. The first-order valence-electron chi connectivity index (χ1n) is 4.21. The average molecular weight is 163 g/mol. The molecule has 2 heteroatoms. The van der Waals surface area contributed by atoms with Gasteiger partial charge >= 0.3 is 0 Å². The highest BCUT2D eigenvalue weighted by molar-refractivity contribution is 5.39. The van der Waals surface area contributed by atoms with Crippen LogP contribution < -0.4 is 10.1 Å². The zero-order valence-electron chi connectivity index (χ0n) is 7.42. The predicted octanol–water partition coefficient (Wildman–Crippen LogP) is 1.86. The lowest BCUT2D eigenvalue weighted by molar-refractivity contribution is 0.414. The maximum Gasteiger partial charge on any atom is 0.119 e. The molecular weight excluding hydrogens is 150 g/mol. The van der Waals surface area contributed by atoms with Crippen LogP contribution in [-0.4, -0.2) is 7.11 Å². The van der Waals surface area contributed by atoms with Crippen LogP contribution in [0.2, 0.25) is 0 Å². The van der Waals surface area contributed by atoms with Gasteiger partial charge in [-0.15, -0.1) is 0 Å². The summed E-state index contributed by atoms with van der Waals surface area (Å²) in [6.45, 7) is 3.16. The number of fused-ring (bicyclic) bond motifs is 1. The Kier molecular flexibility index (Phi) is 1.77. The van der Waals surface area contributed by atoms with Gasteiger partial charge in [0.15, 0.2) is 0 Å². The third-order valence-electron chi connectivity index (χ3n) is 2.42. The average Bonchev–Trinajstić information content (AvgIpc) is 2.47. The molecule has 0 saturated heterocycles. The van der Waals surface area contributed by atoms with Crippen LogP contribution in [0.15, 0.2) is 18.2 Å². The van der Waals surface area contributed by atoms with Crippen LogP contribution in [0.3, 0.4) is 0 Å². The van der Waals surface area contributed by atoms with Crippen LogP contribution in [-0.2, 0) is 6.54 Å². The molecule has 1 aliphatic rings. The molecule has 0 amide bonds. The van der Waals surface area contributed by atoms with Crippen LogP contribution in [0.25, 0.3) is 0 Å². The lowest BCUT2D eigenvalue weighted by Crippen LogP contribution is -2.06. The number of benzene rings is 1. The molecule has 2 rings (SSSR count). The molecule has 1 unspecified atom stereocenters. The minimum atomic E-state index is 0.468. The van der Waals surface area contributed by atoms with E-state index in [1.165, 1.54) is 11.1 Å². The quantitative estimate of drug-likeness (QED) is 0.682. The van der Waals surface area contributed by atoms with Crippen molar-refractivity contribution in [2.24, 2.45) is 0 Å². The van der Waals surface area contributed by atoms with E-state index < -0.39 is 0 Å². The van der Waals surface area contributed by atoms with Crippen molar-refractivity contribution in [3.05, 3.63) is 29.3 Å². The highest BCUT2D eigenvalue weighted by Crippen LogP contribution is 2.28. The van der Waals surface area contributed by atoms with Crippen molar-refractivity contribution in [2.45, 2.75) is 19.5 Å². The maximum atomic E-state index is 5.16. The summed E-state index contributed by atoms with van der Waals surface area (Å²) in [6, 6.07) is 6.72. The van der Waals surface area contributed by atoms with Crippen LogP contribution in [0.1, 0.15) is 24.1 Å². The van der Waals surface area contributed by atoms with E-state index in [1.54, 1.807) is 7.11 Å². The van der Waals surface area contributed by atoms with Crippen molar-refractivity contribution in [2.75, 3.05) is 7.11 Å². The molecule has 12 heavy (non-hydrogen) atoms. The van der Waals surface area contributed by atoms with Gasteiger partial charge in [0.1, 0.15) is 5.75 Å². The first-order valence-corrected chi connectivity index (χ1v) is 4.21. The second-order valence-corrected chi connectivity index (χ2v) is 3.17. The van der Waals surface area contributed by atoms with Crippen LogP contribution in [0.5, 0.6) is 5.75 Å². The lowest BCUT2D eigenvalue weighted by Gasteiger charge is -2.06. The van der Waals surface area contributed by atoms with Crippen LogP contribution >= 0.6 is 0 Å². The van der Waals surface area contributed by atoms with Gasteiger partial charge in [-0.2, -0.15) is 0 Å². The Morgan fingerprint density at radius 2 is 2.33 bits per heavy atom. The Bertz CT molecular complexity index is 296. The fourth-order valence-electron chi connectivity index (χ4n) is 1.64. The van der Waals surface area contributed by atoms with Gasteiger partial charge in [0.05, 0.1) is 7.11 Å². The van der Waals surface area contributed by atoms with E-state index in [9.17, 15) is 0 Å². The molecule has 0 saturated carbocycles. The Balaban J connectivity index is 2.43. The molecule has 1 N–H and O–H groups in total. The van der Waals surface area contributed by atoms with Gasteiger partial charge in [0, 0.05) is 12.6 Å². The van der Waals surface area contributed by atoms with Gasteiger partial charge < -0.3 is 10.1 Å². The minimum Gasteiger partial charge on any atom is -0.497 e. The minimum absolute atomic E-state index is 0.468. The Hall–Kier alpha value is -1.02. The highest BCUT2D eigenvalue weighted by Gasteiger charge is 2.17. The summed E-state index contributed by atoms with van der Waals surface area (Å²) in [4.78, 5) is 0. The van der Waals surface area contributed by atoms with Gasteiger partial charge in [0.25, 0.3) is 0 Å². The van der Waals surface area contributed by atoms with E-state index in [0.717, 1.165) is 12.3 Å². The third kappa shape index (κ3) is 1.08. The summed E-state index contributed by atoms with van der Waals surface area (Å²) in [5.74, 6) is 0.948. The number of rotatable bonds is 1. The highest BCUT2D eigenvalue weighted by atomic mass is 16.5. The Labute approximate surface area is 72.5 Å². The van der Waals surface area contributed by atoms with Crippen LogP contribution in [0, 0.1) is 0 Å². The van der Waals surface area contributed by atoms with Gasteiger partial charge in [-0.25, -0.2) is 0 Å². The molecule has 1 aromatic carbocycles. The van der Waals surface area contributed by atoms with Gasteiger partial charge in [-0.3, -0.25) is 0 Å². The molecule has 1 aromatic rings. The summed E-state index contributed by atoms with van der Waals surface area (Å²) in [6.07, 6.45) is 0. The van der Waals surface area contributed by atoms with E-state index in [2.05, 4.69) is 24.4 Å². The standard InChI is InChI=1S/C10H13NO/c1-7-10-5-9(12-2)4-3-8(10)6-11-7/h3-5,7,11H,6H2,1-2H3. The van der Waals surface area contributed by atoms with Crippen molar-refractivity contribution in [3.8, 4) is 5.75 Å². The van der Waals surface area contributed by atoms with Gasteiger partial charge in [-0.05, 0) is 30.2 Å². The number of hydrogen-bond acceptors (Lipinski definition) is 2. The summed E-state index contributed by atoms with van der Waals surface area (Å²) >= 11 is 0. The first kappa shape index (κ1) is 7.62. The zero-order valence-corrected chi connectivity index (χ0v) is 7.42.